The molecule has 0 radical (unpaired) electrons. The molecule has 5 saturated carbocycles. The van der Waals surface area contributed by atoms with Crippen molar-refractivity contribution < 1.29 is 5.11 Å². The van der Waals surface area contributed by atoms with Gasteiger partial charge in [-0.1, -0.05) is 0 Å². The first-order chi connectivity index (χ1) is 10.5. The number of rotatable bonds is 3. The van der Waals surface area contributed by atoms with Crippen LogP contribution < -0.4 is 5.73 Å². The van der Waals surface area contributed by atoms with E-state index in [9.17, 15) is 10.4 Å². The molecule has 6 rings (SSSR count). The second-order valence-electron chi connectivity index (χ2n) is 9.29. The summed E-state index contributed by atoms with van der Waals surface area (Å²) in [7, 11) is 0. The summed E-state index contributed by atoms with van der Waals surface area (Å²) in [6.07, 6.45) is 8.99. The summed E-state index contributed by atoms with van der Waals surface area (Å²) in [6.45, 7) is 0.870. The van der Waals surface area contributed by atoms with Gasteiger partial charge in [-0.3, -0.25) is 4.90 Å². The minimum Gasteiger partial charge on any atom is -0.390 e. The van der Waals surface area contributed by atoms with Gasteiger partial charge in [0.1, 0.15) is 0 Å². The Bertz CT molecular complexity index is 527. The van der Waals surface area contributed by atoms with Gasteiger partial charge in [0.25, 0.3) is 0 Å². The summed E-state index contributed by atoms with van der Waals surface area (Å²) < 4.78 is 0. The summed E-state index contributed by atoms with van der Waals surface area (Å²) in [5, 5.41) is 20.3. The van der Waals surface area contributed by atoms with E-state index in [4.69, 9.17) is 5.73 Å². The van der Waals surface area contributed by atoms with E-state index in [-0.39, 0.29) is 17.5 Å². The molecule has 0 aromatic rings. The summed E-state index contributed by atoms with van der Waals surface area (Å²) in [5.74, 6) is 2.14. The Labute approximate surface area is 132 Å². The third-order valence-electron chi connectivity index (χ3n) is 7.66. The second kappa shape index (κ2) is 4.26. The third-order valence-corrected chi connectivity index (χ3v) is 7.66. The smallest absolute Gasteiger partial charge is 0.0984 e. The van der Waals surface area contributed by atoms with Gasteiger partial charge in [-0.25, -0.2) is 0 Å². The molecule has 0 amide bonds. The normalized spacial score (nSPS) is 56.7. The Morgan fingerprint density at radius 3 is 2.55 bits per heavy atom. The number of aliphatic hydroxyl groups is 1. The van der Waals surface area contributed by atoms with Crippen LogP contribution in [0.1, 0.15) is 51.4 Å². The van der Waals surface area contributed by atoms with Gasteiger partial charge in [-0.2, -0.15) is 5.26 Å². The molecule has 0 unspecified atom stereocenters. The Morgan fingerprint density at radius 2 is 1.91 bits per heavy atom. The van der Waals surface area contributed by atoms with Crippen LogP contribution >= 0.6 is 0 Å². The molecule has 1 saturated heterocycles. The molecule has 6 fully saturated rings. The van der Waals surface area contributed by atoms with Gasteiger partial charge in [0.15, 0.2) is 0 Å². The fourth-order valence-corrected chi connectivity index (χ4v) is 7.07. The second-order valence-corrected chi connectivity index (χ2v) is 9.29. The molecule has 22 heavy (non-hydrogen) atoms. The molecule has 8 atom stereocenters. The molecule has 0 aromatic carbocycles. The maximum absolute atomic E-state index is 10.9. The Kier molecular flexibility index (Phi) is 2.67. The first-order valence-corrected chi connectivity index (χ1v) is 9.14. The van der Waals surface area contributed by atoms with E-state index in [1.165, 1.54) is 25.7 Å². The number of hydrogen-bond donors (Lipinski definition) is 2. The quantitative estimate of drug-likeness (QED) is 0.831. The van der Waals surface area contributed by atoms with Gasteiger partial charge >= 0.3 is 0 Å². The molecule has 1 heterocycles. The molecule has 1 aliphatic heterocycles. The van der Waals surface area contributed by atoms with Crippen molar-refractivity contribution >= 4 is 0 Å². The average Bonchev–Trinajstić information content (AvgIpc) is 3.11. The lowest BCUT2D eigenvalue weighted by atomic mass is 9.46. The summed E-state index contributed by atoms with van der Waals surface area (Å²) in [5.41, 5.74) is 6.46. The lowest BCUT2D eigenvalue weighted by molar-refractivity contribution is -0.172. The van der Waals surface area contributed by atoms with Crippen molar-refractivity contribution in [3.05, 3.63) is 0 Å². The molecule has 0 spiro atoms. The number of piperidine rings is 1. The molecule has 4 heteroatoms. The topological polar surface area (TPSA) is 73.3 Å². The van der Waals surface area contributed by atoms with E-state index in [0.717, 1.165) is 38.1 Å². The van der Waals surface area contributed by atoms with Crippen LogP contribution in [-0.4, -0.2) is 40.3 Å². The highest BCUT2D eigenvalue weighted by Crippen LogP contribution is 2.62. The van der Waals surface area contributed by atoms with Gasteiger partial charge in [0, 0.05) is 18.6 Å². The maximum Gasteiger partial charge on any atom is 0.0984 e. The van der Waals surface area contributed by atoms with Crippen LogP contribution in [0, 0.1) is 34.5 Å². The lowest BCUT2D eigenvalue weighted by Crippen LogP contribution is -2.63. The number of nitriles is 1. The standard InChI is InChI=1S/C18H27N3O/c19-8-14-2-13-3-15(13)21(14)9-16(20)17-4-11-1-12(5-17)7-18(22,6-11)10-17/h11-16,22H,1-7,9-10,20H2/t11-,12+,13-,14+,15+,16-,17+,18-/m1/s1. The molecular weight excluding hydrogens is 274 g/mol. The van der Waals surface area contributed by atoms with Crippen molar-refractivity contribution in [3.63, 3.8) is 0 Å². The number of fused-ring (bicyclic) bond motifs is 1. The van der Waals surface area contributed by atoms with Crippen molar-refractivity contribution in [2.24, 2.45) is 28.9 Å². The van der Waals surface area contributed by atoms with E-state index in [2.05, 4.69) is 11.0 Å². The molecule has 5 aliphatic carbocycles. The van der Waals surface area contributed by atoms with E-state index in [0.29, 0.717) is 17.9 Å². The first kappa shape index (κ1) is 13.8. The van der Waals surface area contributed by atoms with Crippen molar-refractivity contribution in [1.29, 1.82) is 5.26 Å². The summed E-state index contributed by atoms with van der Waals surface area (Å²) in [4.78, 5) is 2.40. The monoisotopic (exact) mass is 301 g/mol. The van der Waals surface area contributed by atoms with Crippen LogP contribution in [0.5, 0.6) is 0 Å². The molecule has 4 nitrogen and oxygen atoms in total. The highest BCUT2D eigenvalue weighted by Gasteiger charge is 2.60. The van der Waals surface area contributed by atoms with Gasteiger partial charge in [0.2, 0.25) is 0 Å². The van der Waals surface area contributed by atoms with Gasteiger partial charge in [0.05, 0.1) is 17.7 Å². The highest BCUT2D eigenvalue weighted by molar-refractivity contribution is 5.16. The van der Waals surface area contributed by atoms with E-state index in [1.54, 1.807) is 0 Å². The van der Waals surface area contributed by atoms with E-state index < -0.39 is 5.60 Å². The van der Waals surface area contributed by atoms with Crippen LogP contribution in [0.15, 0.2) is 0 Å². The molecule has 6 aliphatic rings. The largest absolute Gasteiger partial charge is 0.390 e. The predicted molar refractivity (Wildman–Crippen MR) is 82.7 cm³/mol. The highest BCUT2D eigenvalue weighted by atomic mass is 16.3. The van der Waals surface area contributed by atoms with Gasteiger partial charge in [-0.05, 0) is 74.5 Å². The van der Waals surface area contributed by atoms with E-state index >= 15 is 0 Å². The average molecular weight is 301 g/mol. The van der Waals surface area contributed by atoms with Crippen molar-refractivity contribution in [1.82, 2.24) is 4.90 Å². The fourth-order valence-electron chi connectivity index (χ4n) is 7.07. The molecule has 120 valence electrons. The van der Waals surface area contributed by atoms with Gasteiger partial charge in [-0.15, -0.1) is 0 Å². The Morgan fingerprint density at radius 1 is 1.18 bits per heavy atom. The minimum atomic E-state index is -0.427. The zero-order valence-electron chi connectivity index (χ0n) is 13.2. The van der Waals surface area contributed by atoms with Crippen molar-refractivity contribution in [3.8, 4) is 6.07 Å². The van der Waals surface area contributed by atoms with Crippen LogP contribution in [-0.2, 0) is 0 Å². The summed E-state index contributed by atoms with van der Waals surface area (Å²) >= 11 is 0. The van der Waals surface area contributed by atoms with Crippen molar-refractivity contribution in [2.75, 3.05) is 6.54 Å². The molecule has 0 aromatic heterocycles. The number of hydrogen-bond acceptors (Lipinski definition) is 4. The lowest BCUT2D eigenvalue weighted by Gasteiger charge is -2.62. The zero-order valence-corrected chi connectivity index (χ0v) is 13.2. The van der Waals surface area contributed by atoms with Crippen LogP contribution in [0.3, 0.4) is 0 Å². The zero-order chi connectivity index (χ0) is 15.1. The van der Waals surface area contributed by atoms with Crippen molar-refractivity contribution in [2.45, 2.75) is 75.1 Å². The molecule has 4 bridgehead atoms. The van der Waals surface area contributed by atoms with Crippen LogP contribution in [0.4, 0.5) is 0 Å². The van der Waals surface area contributed by atoms with Crippen LogP contribution in [0.25, 0.3) is 0 Å². The Hall–Kier alpha value is -0.630. The third kappa shape index (κ3) is 1.85. The number of nitrogens with zero attached hydrogens (tertiary/aromatic N) is 2. The summed E-state index contributed by atoms with van der Waals surface area (Å²) in [6, 6.07) is 3.33. The fraction of sp³-hybridized carbons (Fsp3) is 0.944. The maximum atomic E-state index is 10.9. The first-order valence-electron chi connectivity index (χ1n) is 9.14. The minimum absolute atomic E-state index is 0.0896. The van der Waals surface area contributed by atoms with E-state index in [1.807, 2.05) is 0 Å². The number of nitrogens with two attached hydrogens (primary N) is 1. The van der Waals surface area contributed by atoms with Crippen LogP contribution in [0.2, 0.25) is 0 Å². The molecular formula is C18H27N3O. The predicted octanol–water partition coefficient (Wildman–Crippen LogP) is 1.63. The number of likely N-dealkylation sites (tertiary alicyclic amines) is 1. The van der Waals surface area contributed by atoms with Gasteiger partial charge < -0.3 is 10.8 Å². The molecule has 3 N–H and O–H groups in total. The Balaban J connectivity index is 1.37. The SMILES string of the molecule is N#C[C@@H]1C[C@@H]2C[C@@H]2N1C[C@@H](N)[C@@]12C[C@@H]3C[C@@H](C[C@@](O)(C3)C1)C2.